The summed E-state index contributed by atoms with van der Waals surface area (Å²) in [7, 11) is 0. The Kier molecular flexibility index (Phi) is 3.39. The third-order valence-corrected chi connectivity index (χ3v) is 1.76. The maximum atomic E-state index is 11.5. The lowest BCUT2D eigenvalue weighted by Gasteiger charge is -2.16. The molecule has 0 saturated carbocycles. The van der Waals surface area contributed by atoms with Crippen molar-refractivity contribution in [2.45, 2.75) is 34.1 Å². The molecule has 1 heterocycles. The lowest BCUT2D eigenvalue weighted by Crippen LogP contribution is -2.19. The van der Waals surface area contributed by atoms with Crippen LogP contribution < -0.4 is 5.32 Å². The van der Waals surface area contributed by atoms with E-state index in [0.29, 0.717) is 17.9 Å². The van der Waals surface area contributed by atoms with Gasteiger partial charge in [0.25, 0.3) is 0 Å². The molecule has 0 atom stereocenters. The van der Waals surface area contributed by atoms with Crippen LogP contribution in [-0.4, -0.2) is 15.9 Å². The number of hydrogen-bond acceptors (Lipinski definition) is 3. The SMILES string of the molecule is Cc1ncc(NC(=O)CC(C)(C)C)cn1. The van der Waals surface area contributed by atoms with Crippen molar-refractivity contribution in [1.82, 2.24) is 9.97 Å². The van der Waals surface area contributed by atoms with E-state index in [4.69, 9.17) is 0 Å². The summed E-state index contributed by atoms with van der Waals surface area (Å²) in [6.07, 6.45) is 3.71. The first-order valence-electron chi connectivity index (χ1n) is 4.95. The van der Waals surface area contributed by atoms with Gasteiger partial charge in [-0.2, -0.15) is 0 Å². The topological polar surface area (TPSA) is 54.9 Å². The summed E-state index contributed by atoms with van der Waals surface area (Å²) in [6, 6.07) is 0. The van der Waals surface area contributed by atoms with E-state index in [0.717, 1.165) is 0 Å². The summed E-state index contributed by atoms with van der Waals surface area (Å²) in [5.74, 6) is 0.693. The quantitative estimate of drug-likeness (QED) is 0.808. The average molecular weight is 207 g/mol. The highest BCUT2D eigenvalue weighted by Gasteiger charge is 2.15. The summed E-state index contributed by atoms with van der Waals surface area (Å²) >= 11 is 0. The molecule has 1 amide bonds. The molecule has 82 valence electrons. The Balaban J connectivity index is 2.55. The van der Waals surface area contributed by atoms with Crippen LogP contribution in [0, 0.1) is 12.3 Å². The van der Waals surface area contributed by atoms with Crippen LogP contribution in [0.2, 0.25) is 0 Å². The molecule has 0 aromatic carbocycles. The minimum Gasteiger partial charge on any atom is -0.323 e. The number of carbonyl (C=O) groups is 1. The van der Waals surface area contributed by atoms with Crippen molar-refractivity contribution in [3.8, 4) is 0 Å². The summed E-state index contributed by atoms with van der Waals surface area (Å²) < 4.78 is 0. The van der Waals surface area contributed by atoms with Gasteiger partial charge in [0.05, 0.1) is 18.1 Å². The highest BCUT2D eigenvalue weighted by molar-refractivity contribution is 5.90. The van der Waals surface area contributed by atoms with Crippen molar-refractivity contribution >= 4 is 11.6 Å². The van der Waals surface area contributed by atoms with Gasteiger partial charge in [0.2, 0.25) is 5.91 Å². The molecule has 0 aliphatic rings. The van der Waals surface area contributed by atoms with Crippen LogP contribution in [0.25, 0.3) is 0 Å². The van der Waals surface area contributed by atoms with E-state index in [1.165, 1.54) is 0 Å². The smallest absolute Gasteiger partial charge is 0.224 e. The van der Waals surface area contributed by atoms with Crippen molar-refractivity contribution < 1.29 is 4.79 Å². The number of hydrogen-bond donors (Lipinski definition) is 1. The normalized spacial score (nSPS) is 11.2. The summed E-state index contributed by atoms with van der Waals surface area (Å²) in [5.41, 5.74) is 0.644. The van der Waals surface area contributed by atoms with Gasteiger partial charge in [-0.25, -0.2) is 9.97 Å². The maximum absolute atomic E-state index is 11.5. The molecule has 0 saturated heterocycles. The molecule has 1 aromatic heterocycles. The molecule has 0 aliphatic heterocycles. The molecule has 1 aromatic rings. The van der Waals surface area contributed by atoms with Crippen LogP contribution >= 0.6 is 0 Å². The van der Waals surface area contributed by atoms with Gasteiger partial charge in [0.1, 0.15) is 5.82 Å². The molecule has 0 unspecified atom stereocenters. The second-order valence-corrected chi connectivity index (χ2v) is 4.80. The monoisotopic (exact) mass is 207 g/mol. The summed E-state index contributed by atoms with van der Waals surface area (Å²) in [6.45, 7) is 7.88. The first-order chi connectivity index (χ1) is 6.87. The highest BCUT2D eigenvalue weighted by Crippen LogP contribution is 2.19. The van der Waals surface area contributed by atoms with E-state index < -0.39 is 0 Å². The van der Waals surface area contributed by atoms with Crippen molar-refractivity contribution in [3.05, 3.63) is 18.2 Å². The van der Waals surface area contributed by atoms with Crippen molar-refractivity contribution in [3.63, 3.8) is 0 Å². The zero-order chi connectivity index (χ0) is 11.5. The van der Waals surface area contributed by atoms with Gasteiger partial charge >= 0.3 is 0 Å². The van der Waals surface area contributed by atoms with Crippen LogP contribution in [0.3, 0.4) is 0 Å². The van der Waals surface area contributed by atoms with Gasteiger partial charge in [-0.05, 0) is 12.3 Å². The van der Waals surface area contributed by atoms with Gasteiger partial charge in [0, 0.05) is 6.42 Å². The van der Waals surface area contributed by atoms with Gasteiger partial charge in [-0.15, -0.1) is 0 Å². The van der Waals surface area contributed by atoms with E-state index in [-0.39, 0.29) is 11.3 Å². The first kappa shape index (κ1) is 11.6. The molecule has 0 fully saturated rings. The fraction of sp³-hybridized carbons (Fsp3) is 0.545. The van der Waals surface area contributed by atoms with E-state index >= 15 is 0 Å². The van der Waals surface area contributed by atoms with Crippen LogP contribution in [0.4, 0.5) is 5.69 Å². The number of amides is 1. The molecule has 4 heteroatoms. The molecule has 15 heavy (non-hydrogen) atoms. The predicted molar refractivity (Wildman–Crippen MR) is 59.5 cm³/mol. The van der Waals surface area contributed by atoms with Gasteiger partial charge in [-0.1, -0.05) is 20.8 Å². The second-order valence-electron chi connectivity index (χ2n) is 4.80. The Morgan fingerprint density at radius 1 is 1.33 bits per heavy atom. The molecule has 0 radical (unpaired) electrons. The standard InChI is InChI=1S/C11H17N3O/c1-8-12-6-9(7-13-8)14-10(15)5-11(2,3)4/h6-7H,5H2,1-4H3,(H,14,15). The lowest BCUT2D eigenvalue weighted by molar-refractivity contribution is -0.117. The maximum Gasteiger partial charge on any atom is 0.224 e. The van der Waals surface area contributed by atoms with Gasteiger partial charge in [0.15, 0.2) is 0 Å². The molecule has 0 bridgehead atoms. The zero-order valence-corrected chi connectivity index (χ0v) is 9.66. The average Bonchev–Trinajstić information content (AvgIpc) is 2.05. The Bertz CT molecular complexity index is 338. The number of aryl methyl sites for hydroxylation is 1. The Morgan fingerprint density at radius 2 is 1.87 bits per heavy atom. The molecule has 4 nitrogen and oxygen atoms in total. The van der Waals surface area contributed by atoms with E-state index in [2.05, 4.69) is 15.3 Å². The van der Waals surface area contributed by atoms with Crippen LogP contribution in [0.15, 0.2) is 12.4 Å². The number of nitrogens with zero attached hydrogens (tertiary/aromatic N) is 2. The number of rotatable bonds is 2. The van der Waals surface area contributed by atoms with Gasteiger partial charge < -0.3 is 5.32 Å². The van der Waals surface area contributed by atoms with Crippen molar-refractivity contribution in [1.29, 1.82) is 0 Å². The van der Waals surface area contributed by atoms with Crippen LogP contribution in [0.1, 0.15) is 33.0 Å². The number of aromatic nitrogens is 2. The molecule has 0 aliphatic carbocycles. The van der Waals surface area contributed by atoms with Crippen LogP contribution in [-0.2, 0) is 4.79 Å². The van der Waals surface area contributed by atoms with Crippen LogP contribution in [0.5, 0.6) is 0 Å². The van der Waals surface area contributed by atoms with Crippen molar-refractivity contribution in [2.75, 3.05) is 5.32 Å². The fourth-order valence-electron chi connectivity index (χ4n) is 1.14. The third kappa shape index (κ3) is 4.54. The summed E-state index contributed by atoms with van der Waals surface area (Å²) in [5, 5.41) is 2.76. The molecular weight excluding hydrogens is 190 g/mol. The number of anilines is 1. The molecule has 0 spiro atoms. The second kappa shape index (κ2) is 4.38. The zero-order valence-electron chi connectivity index (χ0n) is 9.66. The third-order valence-electron chi connectivity index (χ3n) is 1.76. The first-order valence-corrected chi connectivity index (χ1v) is 4.95. The van der Waals surface area contributed by atoms with Gasteiger partial charge in [-0.3, -0.25) is 4.79 Å². The molecular formula is C11H17N3O. The van der Waals surface area contributed by atoms with E-state index in [9.17, 15) is 4.79 Å². The Hall–Kier alpha value is -1.45. The summed E-state index contributed by atoms with van der Waals surface area (Å²) in [4.78, 5) is 19.6. The molecule has 1 N–H and O–H groups in total. The minimum atomic E-state index is -0.00467. The number of carbonyl (C=O) groups excluding carboxylic acids is 1. The molecule has 1 rings (SSSR count). The lowest BCUT2D eigenvalue weighted by atomic mass is 9.92. The Morgan fingerprint density at radius 3 is 2.33 bits per heavy atom. The minimum absolute atomic E-state index is 0.00433. The van der Waals surface area contributed by atoms with E-state index in [1.807, 2.05) is 20.8 Å². The fourth-order valence-corrected chi connectivity index (χ4v) is 1.14. The van der Waals surface area contributed by atoms with E-state index in [1.54, 1.807) is 19.3 Å². The Labute approximate surface area is 90.1 Å². The predicted octanol–water partition coefficient (Wildman–Crippen LogP) is 2.16. The van der Waals surface area contributed by atoms with Crippen molar-refractivity contribution in [2.24, 2.45) is 5.41 Å². The largest absolute Gasteiger partial charge is 0.323 e. The highest BCUT2D eigenvalue weighted by atomic mass is 16.1. The number of nitrogens with one attached hydrogen (secondary N) is 1.